The highest BCUT2D eigenvalue weighted by molar-refractivity contribution is 6.30. The van der Waals surface area contributed by atoms with Crippen molar-refractivity contribution >= 4 is 23.6 Å². The minimum atomic E-state index is -4.44. The quantitative estimate of drug-likeness (QED) is 0.538. The van der Waals surface area contributed by atoms with Crippen molar-refractivity contribution in [3.8, 4) is 5.75 Å². The van der Waals surface area contributed by atoms with Crippen LogP contribution in [0.4, 0.5) is 13.2 Å². The van der Waals surface area contributed by atoms with Gasteiger partial charge in [0.15, 0.2) is 6.79 Å². The molecule has 0 saturated carbocycles. The molecule has 27 heavy (non-hydrogen) atoms. The lowest BCUT2D eigenvalue weighted by atomic mass is 10.1. The van der Waals surface area contributed by atoms with Crippen molar-refractivity contribution in [2.24, 2.45) is 0 Å². The average Bonchev–Trinajstić information content (AvgIpc) is 2.64. The largest absolute Gasteiger partial charge is 0.467 e. The Bertz CT molecular complexity index is 878. The molecule has 0 amide bonds. The molecule has 1 heterocycles. The van der Waals surface area contributed by atoms with Crippen molar-refractivity contribution in [1.82, 2.24) is 0 Å². The summed E-state index contributed by atoms with van der Waals surface area (Å²) < 4.78 is 53.8. The van der Waals surface area contributed by atoms with Gasteiger partial charge < -0.3 is 14.2 Å². The van der Waals surface area contributed by atoms with E-state index in [0.717, 1.165) is 23.8 Å². The Morgan fingerprint density at radius 1 is 1.26 bits per heavy atom. The van der Waals surface area contributed by atoms with Crippen LogP contribution in [0.25, 0.3) is 6.08 Å². The molecule has 0 saturated heterocycles. The first kappa shape index (κ1) is 19.3. The molecular weight excluding hydrogens is 385 g/mol. The Hall–Kier alpha value is -2.51. The predicted octanol–water partition coefficient (Wildman–Crippen LogP) is 4.98. The maximum absolute atomic E-state index is 12.7. The lowest BCUT2D eigenvalue weighted by Gasteiger charge is -2.20. The van der Waals surface area contributed by atoms with Crippen LogP contribution in [0.2, 0.25) is 5.02 Å². The average molecular weight is 399 g/mol. The number of carbonyl (C=O) groups excluding carboxylic acids is 1. The molecule has 2 aromatic carbocycles. The van der Waals surface area contributed by atoms with E-state index in [9.17, 15) is 18.0 Å². The Morgan fingerprint density at radius 3 is 2.85 bits per heavy atom. The van der Waals surface area contributed by atoms with Gasteiger partial charge in [0.2, 0.25) is 0 Å². The molecule has 0 spiro atoms. The maximum atomic E-state index is 12.7. The van der Waals surface area contributed by atoms with E-state index in [-0.39, 0.29) is 19.0 Å². The summed E-state index contributed by atoms with van der Waals surface area (Å²) in [7, 11) is 0. The van der Waals surface area contributed by atoms with E-state index in [0.29, 0.717) is 22.9 Å². The van der Waals surface area contributed by atoms with Crippen molar-refractivity contribution < 1.29 is 32.2 Å². The van der Waals surface area contributed by atoms with Crippen molar-refractivity contribution in [2.75, 3.05) is 6.79 Å². The SMILES string of the molecule is O=C(/C=C/c1cccc(C(F)(F)F)c1)OCc1cc(Cl)cc2c1OCOC2. The summed E-state index contributed by atoms with van der Waals surface area (Å²) in [5.41, 5.74) is 0.784. The molecule has 0 unspecified atom stereocenters. The van der Waals surface area contributed by atoms with Crippen LogP contribution < -0.4 is 4.74 Å². The van der Waals surface area contributed by atoms with Gasteiger partial charge in [-0.2, -0.15) is 13.2 Å². The fraction of sp³-hybridized carbons (Fsp3) is 0.211. The van der Waals surface area contributed by atoms with Gasteiger partial charge in [-0.05, 0) is 35.9 Å². The first-order valence-electron chi connectivity index (χ1n) is 7.87. The van der Waals surface area contributed by atoms with Gasteiger partial charge in [-0.3, -0.25) is 0 Å². The summed E-state index contributed by atoms with van der Waals surface area (Å²) in [5, 5.41) is 0.452. The van der Waals surface area contributed by atoms with Crippen LogP contribution in [-0.4, -0.2) is 12.8 Å². The van der Waals surface area contributed by atoms with E-state index < -0.39 is 17.7 Å². The summed E-state index contributed by atoms with van der Waals surface area (Å²) in [4.78, 5) is 11.9. The number of fused-ring (bicyclic) bond motifs is 1. The first-order chi connectivity index (χ1) is 12.8. The summed E-state index contributed by atoms with van der Waals surface area (Å²) in [6, 6.07) is 7.96. The number of ether oxygens (including phenoxy) is 3. The van der Waals surface area contributed by atoms with Crippen LogP contribution in [0.3, 0.4) is 0 Å². The molecule has 1 aliphatic rings. The van der Waals surface area contributed by atoms with Gasteiger partial charge >= 0.3 is 12.1 Å². The van der Waals surface area contributed by atoms with Crippen LogP contribution >= 0.6 is 11.6 Å². The molecule has 1 aliphatic heterocycles. The van der Waals surface area contributed by atoms with Gasteiger partial charge in [0.1, 0.15) is 12.4 Å². The molecular formula is C19H14ClF3O4. The molecule has 0 aromatic heterocycles. The number of hydrogen-bond donors (Lipinski definition) is 0. The number of alkyl halides is 3. The second-order valence-electron chi connectivity index (χ2n) is 5.73. The van der Waals surface area contributed by atoms with Gasteiger partial charge in [0, 0.05) is 22.2 Å². The Labute approximate surface area is 158 Å². The standard InChI is InChI=1S/C19H14ClF3O4/c20-16-7-13-9-25-11-27-18(13)14(8-16)10-26-17(24)5-4-12-2-1-3-15(6-12)19(21,22)23/h1-8H,9-11H2/b5-4+. The number of halogens is 4. The number of esters is 1. The van der Waals surface area contributed by atoms with E-state index in [1.165, 1.54) is 18.2 Å². The Morgan fingerprint density at radius 2 is 2.07 bits per heavy atom. The molecule has 0 radical (unpaired) electrons. The molecule has 0 atom stereocenters. The maximum Gasteiger partial charge on any atom is 0.416 e. The van der Waals surface area contributed by atoms with E-state index >= 15 is 0 Å². The zero-order valence-corrected chi connectivity index (χ0v) is 14.6. The van der Waals surface area contributed by atoms with Crippen LogP contribution in [0.15, 0.2) is 42.5 Å². The Balaban J connectivity index is 1.66. The van der Waals surface area contributed by atoms with Crippen LogP contribution in [-0.2, 0) is 33.7 Å². The molecule has 0 fully saturated rings. The van der Waals surface area contributed by atoms with E-state index in [4.69, 9.17) is 25.8 Å². The minimum Gasteiger partial charge on any atom is -0.467 e. The second-order valence-corrected chi connectivity index (χ2v) is 6.16. The highest BCUT2D eigenvalue weighted by Crippen LogP contribution is 2.32. The fourth-order valence-electron chi connectivity index (χ4n) is 2.54. The highest BCUT2D eigenvalue weighted by atomic mass is 35.5. The van der Waals surface area contributed by atoms with Gasteiger partial charge in [0.25, 0.3) is 0 Å². The predicted molar refractivity (Wildman–Crippen MR) is 92.0 cm³/mol. The van der Waals surface area contributed by atoms with Crippen molar-refractivity contribution in [1.29, 1.82) is 0 Å². The first-order valence-corrected chi connectivity index (χ1v) is 8.24. The number of hydrogen-bond acceptors (Lipinski definition) is 4. The third kappa shape index (κ3) is 5.02. The van der Waals surface area contributed by atoms with Gasteiger partial charge in [0.05, 0.1) is 12.2 Å². The number of carbonyl (C=O) groups is 1. The van der Waals surface area contributed by atoms with Crippen LogP contribution in [0.5, 0.6) is 5.75 Å². The van der Waals surface area contributed by atoms with Crippen LogP contribution in [0, 0.1) is 0 Å². The molecule has 4 nitrogen and oxygen atoms in total. The second kappa shape index (κ2) is 8.02. The topological polar surface area (TPSA) is 44.8 Å². The van der Waals surface area contributed by atoms with E-state index in [1.807, 2.05) is 0 Å². The van der Waals surface area contributed by atoms with Crippen molar-refractivity contribution in [3.05, 3.63) is 69.8 Å². The van der Waals surface area contributed by atoms with Crippen molar-refractivity contribution in [2.45, 2.75) is 19.4 Å². The van der Waals surface area contributed by atoms with Crippen molar-refractivity contribution in [3.63, 3.8) is 0 Å². The summed E-state index contributed by atoms with van der Waals surface area (Å²) in [5.74, 6) is -0.145. The zero-order chi connectivity index (χ0) is 19.4. The van der Waals surface area contributed by atoms with E-state index in [2.05, 4.69) is 0 Å². The number of rotatable bonds is 4. The zero-order valence-electron chi connectivity index (χ0n) is 13.9. The van der Waals surface area contributed by atoms with Gasteiger partial charge in [-0.15, -0.1) is 0 Å². The van der Waals surface area contributed by atoms with E-state index in [1.54, 1.807) is 12.1 Å². The highest BCUT2D eigenvalue weighted by Gasteiger charge is 2.30. The molecule has 0 N–H and O–H groups in total. The smallest absolute Gasteiger partial charge is 0.416 e. The molecule has 3 rings (SSSR count). The normalized spacial score (nSPS) is 13.9. The monoisotopic (exact) mass is 398 g/mol. The molecule has 0 aliphatic carbocycles. The Kier molecular flexibility index (Phi) is 5.72. The summed E-state index contributed by atoms with van der Waals surface area (Å²) >= 11 is 6.03. The lowest BCUT2D eigenvalue weighted by Crippen LogP contribution is -2.14. The summed E-state index contributed by atoms with van der Waals surface area (Å²) in [6.45, 7) is 0.339. The third-order valence-electron chi connectivity index (χ3n) is 3.75. The molecule has 2 aromatic rings. The molecule has 142 valence electrons. The van der Waals surface area contributed by atoms with Crippen LogP contribution in [0.1, 0.15) is 22.3 Å². The molecule has 0 bridgehead atoms. The van der Waals surface area contributed by atoms with Gasteiger partial charge in [-0.25, -0.2) is 4.79 Å². The molecule has 8 heteroatoms. The minimum absolute atomic E-state index is 0.0883. The number of benzene rings is 2. The third-order valence-corrected chi connectivity index (χ3v) is 3.97. The fourth-order valence-corrected chi connectivity index (χ4v) is 2.81. The summed E-state index contributed by atoms with van der Waals surface area (Å²) in [6.07, 6.45) is -2.12. The van der Waals surface area contributed by atoms with Gasteiger partial charge in [-0.1, -0.05) is 23.7 Å². The lowest BCUT2D eigenvalue weighted by molar-refractivity contribution is -0.139.